The Hall–Kier alpha value is -4.18. The Balaban J connectivity index is 1.58. The van der Waals surface area contributed by atoms with Gasteiger partial charge in [0.05, 0.1) is 18.9 Å². The number of carbonyl (C=O) groups excluding carboxylic acids is 3. The van der Waals surface area contributed by atoms with Crippen LogP contribution in [0.25, 0.3) is 11.1 Å². The van der Waals surface area contributed by atoms with Crippen LogP contribution in [0.15, 0.2) is 59.4 Å². The van der Waals surface area contributed by atoms with Crippen molar-refractivity contribution in [3.63, 3.8) is 0 Å². The number of aromatic nitrogens is 1. The first-order chi connectivity index (χ1) is 21.1. The molecule has 2 N–H and O–H groups in total. The number of nitrogens with one attached hydrogen (secondary N) is 2. The number of piperazine rings is 1. The van der Waals surface area contributed by atoms with E-state index < -0.39 is 11.6 Å². The predicted octanol–water partition coefficient (Wildman–Crippen LogP) is 5.36. The van der Waals surface area contributed by atoms with Crippen LogP contribution >= 0.6 is 0 Å². The quantitative estimate of drug-likeness (QED) is 0.334. The Morgan fingerprint density at radius 1 is 1.02 bits per heavy atom. The maximum absolute atomic E-state index is 13.8. The van der Waals surface area contributed by atoms with Crippen molar-refractivity contribution >= 4 is 29.4 Å². The average molecular weight is 617 g/mol. The van der Waals surface area contributed by atoms with Gasteiger partial charge in [-0.05, 0) is 81.5 Å². The van der Waals surface area contributed by atoms with Crippen molar-refractivity contribution in [2.75, 3.05) is 56.7 Å². The minimum absolute atomic E-state index is 0.121. The smallest absolute Gasteiger partial charge is 0.323 e. The number of likely N-dealkylation sites (N-methyl/N-ethyl adjacent to an activating group) is 1. The van der Waals surface area contributed by atoms with E-state index in [1.54, 1.807) is 37.6 Å². The standard InChI is InChI=1S/C35H48N6O4/c1-23-10-12-27(21-28(23)26-11-13-30(36-22-26)40-16-18-45-19-17-40)37-33(44)38-29(20-24(2)34(4,5)6)25(3)31(42)41-15-14-39(9)32(43)35(41,7)8/h10-13,20-22H,14-19H2,1-9H3,(H2,37,38,44)/b24-20+,29-25-. The second-order valence-corrected chi connectivity index (χ2v) is 13.5. The van der Waals surface area contributed by atoms with Gasteiger partial charge in [0.1, 0.15) is 11.4 Å². The van der Waals surface area contributed by atoms with Crippen LogP contribution in [0.5, 0.6) is 0 Å². The van der Waals surface area contributed by atoms with Crippen LogP contribution in [-0.4, -0.2) is 84.6 Å². The van der Waals surface area contributed by atoms with Crippen molar-refractivity contribution in [2.45, 2.75) is 60.9 Å². The Bertz CT molecular complexity index is 1500. The molecule has 2 aliphatic rings. The minimum atomic E-state index is -1.00. The van der Waals surface area contributed by atoms with Crippen molar-refractivity contribution in [1.29, 1.82) is 0 Å². The van der Waals surface area contributed by atoms with Crippen LogP contribution in [0.3, 0.4) is 0 Å². The number of nitrogens with zero attached hydrogens (tertiary/aromatic N) is 4. The number of hydrogen-bond donors (Lipinski definition) is 2. The lowest BCUT2D eigenvalue weighted by Crippen LogP contribution is -2.63. The van der Waals surface area contributed by atoms with Crippen LogP contribution in [0.1, 0.15) is 54.0 Å². The van der Waals surface area contributed by atoms with Gasteiger partial charge in [-0.25, -0.2) is 9.78 Å². The number of anilines is 2. The number of aryl methyl sites for hydroxylation is 1. The molecule has 2 aromatic rings. The van der Waals surface area contributed by atoms with Crippen LogP contribution in [0, 0.1) is 12.3 Å². The van der Waals surface area contributed by atoms with Gasteiger partial charge in [-0.2, -0.15) is 0 Å². The van der Waals surface area contributed by atoms with Gasteiger partial charge in [0.2, 0.25) is 5.91 Å². The summed E-state index contributed by atoms with van der Waals surface area (Å²) in [5.41, 5.74) is 4.11. The Morgan fingerprint density at radius 2 is 1.71 bits per heavy atom. The molecule has 1 aromatic carbocycles. The lowest BCUT2D eigenvalue weighted by atomic mass is 9.86. The van der Waals surface area contributed by atoms with Gasteiger partial charge < -0.3 is 30.1 Å². The molecule has 1 aromatic heterocycles. The summed E-state index contributed by atoms with van der Waals surface area (Å²) in [4.78, 5) is 50.3. The van der Waals surface area contributed by atoms with Gasteiger partial charge in [-0.3, -0.25) is 9.59 Å². The number of carbonyl (C=O) groups is 3. The highest BCUT2D eigenvalue weighted by Crippen LogP contribution is 2.30. The molecule has 0 radical (unpaired) electrons. The zero-order chi connectivity index (χ0) is 33.1. The normalized spacial score (nSPS) is 18.0. The molecule has 0 atom stereocenters. The average Bonchev–Trinajstić information content (AvgIpc) is 3.00. The summed E-state index contributed by atoms with van der Waals surface area (Å²) >= 11 is 0. The van der Waals surface area contributed by atoms with Gasteiger partial charge in [0, 0.05) is 56.2 Å². The van der Waals surface area contributed by atoms with E-state index in [4.69, 9.17) is 4.74 Å². The molecule has 0 bridgehead atoms. The van der Waals surface area contributed by atoms with E-state index in [0.29, 0.717) is 43.3 Å². The molecule has 242 valence electrons. The summed E-state index contributed by atoms with van der Waals surface area (Å²) in [6, 6.07) is 9.33. The van der Waals surface area contributed by atoms with E-state index in [1.807, 2.05) is 56.5 Å². The van der Waals surface area contributed by atoms with Crippen LogP contribution in [0.4, 0.5) is 16.3 Å². The van der Waals surface area contributed by atoms with E-state index in [0.717, 1.165) is 41.2 Å². The van der Waals surface area contributed by atoms with Gasteiger partial charge >= 0.3 is 6.03 Å². The molecule has 3 heterocycles. The van der Waals surface area contributed by atoms with Crippen molar-refractivity contribution in [2.24, 2.45) is 5.41 Å². The molecular weight excluding hydrogens is 568 g/mol. The van der Waals surface area contributed by atoms with Gasteiger partial charge in [0.25, 0.3) is 5.91 Å². The summed E-state index contributed by atoms with van der Waals surface area (Å²) in [6.07, 6.45) is 3.71. The largest absolute Gasteiger partial charge is 0.378 e. The molecule has 0 unspecified atom stereocenters. The highest BCUT2D eigenvalue weighted by Gasteiger charge is 2.43. The van der Waals surface area contributed by atoms with Gasteiger partial charge in [-0.15, -0.1) is 0 Å². The topological polar surface area (TPSA) is 107 Å². The molecule has 0 aliphatic carbocycles. The fourth-order valence-corrected chi connectivity index (χ4v) is 5.38. The molecule has 10 heteroatoms. The lowest BCUT2D eigenvalue weighted by molar-refractivity contribution is -0.155. The Morgan fingerprint density at radius 3 is 2.33 bits per heavy atom. The number of rotatable bonds is 6. The summed E-state index contributed by atoms with van der Waals surface area (Å²) in [7, 11) is 1.74. The first kappa shape index (κ1) is 33.7. The minimum Gasteiger partial charge on any atom is -0.378 e. The fraction of sp³-hybridized carbons (Fsp3) is 0.486. The van der Waals surface area contributed by atoms with Crippen molar-refractivity contribution < 1.29 is 19.1 Å². The molecule has 4 rings (SSSR count). The maximum atomic E-state index is 13.8. The van der Waals surface area contributed by atoms with Crippen molar-refractivity contribution in [3.05, 3.63) is 65.0 Å². The molecule has 0 spiro atoms. The van der Waals surface area contributed by atoms with Gasteiger partial charge in [0.15, 0.2) is 0 Å². The first-order valence-corrected chi connectivity index (χ1v) is 15.5. The predicted molar refractivity (Wildman–Crippen MR) is 179 cm³/mol. The number of allylic oxidation sites excluding steroid dienone is 2. The van der Waals surface area contributed by atoms with E-state index in [-0.39, 0.29) is 17.2 Å². The van der Waals surface area contributed by atoms with Crippen LogP contribution in [-0.2, 0) is 14.3 Å². The number of amides is 4. The number of hydrogen-bond acceptors (Lipinski definition) is 6. The van der Waals surface area contributed by atoms with Crippen molar-refractivity contribution in [1.82, 2.24) is 20.1 Å². The number of morpholine rings is 1. The third-order valence-corrected chi connectivity index (χ3v) is 8.86. The lowest BCUT2D eigenvalue weighted by Gasteiger charge is -2.45. The van der Waals surface area contributed by atoms with E-state index in [2.05, 4.69) is 41.3 Å². The molecule has 4 amide bonds. The molecule has 0 saturated carbocycles. The summed E-state index contributed by atoms with van der Waals surface area (Å²) in [5, 5.41) is 5.88. The summed E-state index contributed by atoms with van der Waals surface area (Å²) in [6.45, 7) is 19.3. The number of benzene rings is 1. The second-order valence-electron chi connectivity index (χ2n) is 13.5. The Labute approximate surface area is 267 Å². The highest BCUT2D eigenvalue weighted by atomic mass is 16.5. The highest BCUT2D eigenvalue weighted by molar-refractivity contribution is 6.01. The third-order valence-electron chi connectivity index (χ3n) is 8.86. The van der Waals surface area contributed by atoms with Crippen LogP contribution in [0.2, 0.25) is 0 Å². The first-order valence-electron chi connectivity index (χ1n) is 15.5. The molecule has 10 nitrogen and oxygen atoms in total. The van der Waals surface area contributed by atoms with E-state index in [1.165, 1.54) is 0 Å². The zero-order valence-corrected chi connectivity index (χ0v) is 28.2. The third kappa shape index (κ3) is 7.73. The summed E-state index contributed by atoms with van der Waals surface area (Å²) < 4.78 is 5.45. The second kappa shape index (κ2) is 13.4. The SMILES string of the molecule is C/C(C(=O)N1CCN(C)C(=O)C1(C)C)=C(\C=C(/C)C(C)(C)C)NC(=O)Nc1ccc(C)c(-c2ccc(N3CCOCC3)nc2)c1. The van der Waals surface area contributed by atoms with E-state index >= 15 is 0 Å². The monoisotopic (exact) mass is 616 g/mol. The van der Waals surface area contributed by atoms with Gasteiger partial charge in [-0.1, -0.05) is 32.4 Å². The number of pyridine rings is 1. The fourth-order valence-electron chi connectivity index (χ4n) is 5.38. The Kier molecular flexibility index (Phi) is 10.1. The maximum Gasteiger partial charge on any atom is 0.323 e. The zero-order valence-electron chi connectivity index (χ0n) is 28.2. The molecule has 2 aliphatic heterocycles. The molecule has 2 saturated heterocycles. The number of ether oxygens (including phenoxy) is 1. The van der Waals surface area contributed by atoms with Crippen LogP contribution < -0.4 is 15.5 Å². The molecular formula is C35H48N6O4. The summed E-state index contributed by atoms with van der Waals surface area (Å²) in [5.74, 6) is 0.505. The number of urea groups is 1. The molecule has 2 fully saturated rings. The van der Waals surface area contributed by atoms with E-state index in [9.17, 15) is 14.4 Å². The van der Waals surface area contributed by atoms with Crippen molar-refractivity contribution in [3.8, 4) is 11.1 Å². The molecule has 45 heavy (non-hydrogen) atoms.